The summed E-state index contributed by atoms with van der Waals surface area (Å²) in [6.45, 7) is 4.80. The van der Waals surface area contributed by atoms with Crippen LogP contribution in [0.2, 0.25) is 0 Å². The van der Waals surface area contributed by atoms with E-state index in [1.165, 1.54) is 0 Å². The van der Waals surface area contributed by atoms with E-state index in [0.717, 1.165) is 25.9 Å². The van der Waals surface area contributed by atoms with Crippen molar-refractivity contribution in [2.45, 2.75) is 33.1 Å². The van der Waals surface area contributed by atoms with Crippen LogP contribution >= 0.6 is 0 Å². The quantitative estimate of drug-likeness (QED) is 0.364. The van der Waals surface area contributed by atoms with Crippen LogP contribution in [0.1, 0.15) is 33.1 Å². The van der Waals surface area contributed by atoms with Gasteiger partial charge < -0.3 is 10.5 Å². The zero-order valence-electron chi connectivity index (χ0n) is 8.31. The molecule has 0 spiro atoms. The lowest BCUT2D eigenvalue weighted by Crippen LogP contribution is -2.30. The molecular weight excluding hydrogens is 152 g/mol. The van der Waals surface area contributed by atoms with E-state index < -0.39 is 0 Å². The molecule has 0 saturated carbocycles. The van der Waals surface area contributed by atoms with Crippen LogP contribution < -0.4 is 5.73 Å². The number of amidine groups is 1. The van der Waals surface area contributed by atoms with Crippen LogP contribution in [0.4, 0.5) is 0 Å². The summed E-state index contributed by atoms with van der Waals surface area (Å²) in [6.07, 6.45) is 3.08. The van der Waals surface area contributed by atoms with Gasteiger partial charge in [-0.15, -0.1) is 0 Å². The second-order valence-corrected chi connectivity index (χ2v) is 3.75. The molecule has 0 saturated heterocycles. The Balaban J connectivity index is 3.54. The van der Waals surface area contributed by atoms with Gasteiger partial charge in [0.25, 0.3) is 0 Å². The Morgan fingerprint density at radius 2 is 2.00 bits per heavy atom. The van der Waals surface area contributed by atoms with Crippen LogP contribution in [-0.4, -0.2) is 19.6 Å². The fraction of sp³-hybridized carbons (Fsp3) is 0.889. The van der Waals surface area contributed by atoms with E-state index in [2.05, 4.69) is 0 Å². The van der Waals surface area contributed by atoms with Gasteiger partial charge in [0.05, 0.1) is 5.84 Å². The minimum Gasteiger partial charge on any atom is -0.387 e. The topological polar surface area (TPSA) is 59.1 Å². The first kappa shape index (κ1) is 11.4. The number of rotatable bonds is 6. The van der Waals surface area contributed by atoms with Crippen molar-refractivity contribution in [3.05, 3.63) is 0 Å². The van der Waals surface area contributed by atoms with Crippen molar-refractivity contribution in [1.29, 1.82) is 5.41 Å². The first-order valence-electron chi connectivity index (χ1n) is 4.34. The van der Waals surface area contributed by atoms with Crippen molar-refractivity contribution in [2.75, 3.05) is 13.7 Å². The van der Waals surface area contributed by atoms with Gasteiger partial charge in [-0.2, -0.15) is 0 Å². The van der Waals surface area contributed by atoms with Crippen molar-refractivity contribution < 1.29 is 4.74 Å². The van der Waals surface area contributed by atoms with Gasteiger partial charge in [-0.05, 0) is 12.8 Å². The van der Waals surface area contributed by atoms with E-state index in [-0.39, 0.29) is 11.3 Å². The van der Waals surface area contributed by atoms with Crippen LogP contribution in [0, 0.1) is 10.8 Å². The van der Waals surface area contributed by atoms with Crippen LogP contribution in [0.3, 0.4) is 0 Å². The number of hydrogen-bond acceptors (Lipinski definition) is 2. The molecule has 12 heavy (non-hydrogen) atoms. The third-order valence-electron chi connectivity index (χ3n) is 2.13. The monoisotopic (exact) mass is 172 g/mol. The number of hydrogen-bond donors (Lipinski definition) is 2. The molecule has 72 valence electrons. The number of nitrogens with two attached hydrogens (primary N) is 1. The Bertz CT molecular complexity index is 143. The zero-order chi connectivity index (χ0) is 9.61. The maximum Gasteiger partial charge on any atom is 0.0963 e. The summed E-state index contributed by atoms with van der Waals surface area (Å²) in [5.41, 5.74) is 5.29. The zero-order valence-corrected chi connectivity index (χ0v) is 8.31. The third-order valence-corrected chi connectivity index (χ3v) is 2.13. The molecule has 0 aromatic rings. The molecule has 0 atom stereocenters. The fourth-order valence-corrected chi connectivity index (χ4v) is 0.948. The predicted molar refractivity (Wildman–Crippen MR) is 51.4 cm³/mol. The highest BCUT2D eigenvalue weighted by Crippen LogP contribution is 2.22. The Morgan fingerprint density at radius 3 is 2.42 bits per heavy atom. The van der Waals surface area contributed by atoms with Gasteiger partial charge in [0, 0.05) is 19.1 Å². The molecule has 0 amide bonds. The number of ether oxygens (including phenoxy) is 1. The summed E-state index contributed by atoms with van der Waals surface area (Å²) in [6, 6.07) is 0. The Labute approximate surface area is 74.8 Å². The maximum absolute atomic E-state index is 7.32. The highest BCUT2D eigenvalue weighted by molar-refractivity contribution is 5.82. The fourth-order valence-electron chi connectivity index (χ4n) is 0.948. The molecule has 0 heterocycles. The van der Waals surface area contributed by atoms with Crippen LogP contribution in [0.15, 0.2) is 0 Å². The van der Waals surface area contributed by atoms with Gasteiger partial charge in [-0.1, -0.05) is 20.3 Å². The molecule has 0 aliphatic heterocycles. The van der Waals surface area contributed by atoms with E-state index in [0.29, 0.717) is 0 Å². The molecule has 0 aliphatic rings. The molecule has 3 N–H and O–H groups in total. The first-order valence-corrected chi connectivity index (χ1v) is 4.34. The lowest BCUT2D eigenvalue weighted by molar-refractivity contribution is 0.189. The van der Waals surface area contributed by atoms with E-state index >= 15 is 0 Å². The highest BCUT2D eigenvalue weighted by Gasteiger charge is 2.20. The lowest BCUT2D eigenvalue weighted by Gasteiger charge is -2.22. The molecule has 0 aliphatic carbocycles. The number of methoxy groups -OCH3 is 1. The minimum atomic E-state index is -0.145. The SMILES string of the molecule is COCCCCC(C)(C)C(=N)N. The van der Waals surface area contributed by atoms with Gasteiger partial charge in [-0.25, -0.2) is 0 Å². The van der Waals surface area contributed by atoms with Gasteiger partial charge in [0.2, 0.25) is 0 Å². The van der Waals surface area contributed by atoms with Gasteiger partial charge in [0.1, 0.15) is 0 Å². The molecule has 0 radical (unpaired) electrons. The van der Waals surface area contributed by atoms with Crippen molar-refractivity contribution in [3.63, 3.8) is 0 Å². The first-order chi connectivity index (χ1) is 5.50. The summed E-state index contributed by atoms with van der Waals surface area (Å²) in [7, 11) is 1.70. The highest BCUT2D eigenvalue weighted by atomic mass is 16.5. The lowest BCUT2D eigenvalue weighted by atomic mass is 9.86. The van der Waals surface area contributed by atoms with Crippen molar-refractivity contribution in [1.82, 2.24) is 0 Å². The molecule has 0 aromatic heterocycles. The molecule has 0 rings (SSSR count). The second-order valence-electron chi connectivity index (χ2n) is 3.75. The maximum atomic E-state index is 7.32. The van der Waals surface area contributed by atoms with E-state index in [1.807, 2.05) is 13.8 Å². The summed E-state index contributed by atoms with van der Waals surface area (Å²) in [5.74, 6) is 0.278. The van der Waals surface area contributed by atoms with Crippen LogP contribution in [0.25, 0.3) is 0 Å². The standard InChI is InChI=1S/C9H20N2O/c1-9(2,8(10)11)6-4-5-7-12-3/h4-7H2,1-3H3,(H3,10,11). The average molecular weight is 172 g/mol. The summed E-state index contributed by atoms with van der Waals surface area (Å²) >= 11 is 0. The number of nitrogens with one attached hydrogen (secondary N) is 1. The molecule has 3 heteroatoms. The molecule has 0 unspecified atom stereocenters. The van der Waals surface area contributed by atoms with Gasteiger partial charge in [-0.3, -0.25) is 5.41 Å². The molecule has 0 fully saturated rings. The smallest absolute Gasteiger partial charge is 0.0963 e. The van der Waals surface area contributed by atoms with Crippen LogP contribution in [0.5, 0.6) is 0 Å². The van der Waals surface area contributed by atoms with Gasteiger partial charge in [0.15, 0.2) is 0 Å². The second kappa shape index (κ2) is 5.14. The van der Waals surface area contributed by atoms with Crippen molar-refractivity contribution in [2.24, 2.45) is 11.1 Å². The summed E-state index contributed by atoms with van der Waals surface area (Å²) < 4.78 is 4.93. The summed E-state index contributed by atoms with van der Waals surface area (Å²) in [5, 5.41) is 7.32. The number of unbranched alkanes of at least 4 members (excludes halogenated alkanes) is 1. The molecular formula is C9H20N2O. The molecule has 0 bridgehead atoms. The average Bonchev–Trinajstić information content (AvgIpc) is 1.98. The van der Waals surface area contributed by atoms with Crippen LogP contribution in [-0.2, 0) is 4.74 Å². The predicted octanol–water partition coefficient (Wildman–Crippen LogP) is 1.77. The Morgan fingerprint density at radius 1 is 1.42 bits per heavy atom. The third kappa shape index (κ3) is 4.34. The van der Waals surface area contributed by atoms with Crippen molar-refractivity contribution >= 4 is 5.84 Å². The van der Waals surface area contributed by atoms with E-state index in [9.17, 15) is 0 Å². The Kier molecular flexibility index (Phi) is 4.90. The molecule has 0 aromatic carbocycles. The summed E-state index contributed by atoms with van der Waals surface area (Å²) in [4.78, 5) is 0. The van der Waals surface area contributed by atoms with Gasteiger partial charge >= 0.3 is 0 Å². The van der Waals surface area contributed by atoms with E-state index in [1.54, 1.807) is 7.11 Å². The normalized spacial score (nSPS) is 11.6. The van der Waals surface area contributed by atoms with E-state index in [4.69, 9.17) is 15.9 Å². The largest absolute Gasteiger partial charge is 0.387 e. The minimum absolute atomic E-state index is 0.145. The Hall–Kier alpha value is -0.570. The molecule has 3 nitrogen and oxygen atoms in total. The van der Waals surface area contributed by atoms with Crippen molar-refractivity contribution in [3.8, 4) is 0 Å².